The largest absolute Gasteiger partial charge is 0.0851 e. The third kappa shape index (κ3) is 5.14. The first-order chi connectivity index (χ1) is 10.6. The highest BCUT2D eigenvalue weighted by Gasteiger charge is 2.30. The lowest BCUT2D eigenvalue weighted by atomic mass is 9.68. The van der Waals surface area contributed by atoms with Gasteiger partial charge in [-0.15, -0.1) is 0 Å². The molecule has 4 atom stereocenters. The van der Waals surface area contributed by atoms with Crippen LogP contribution in [0, 0.1) is 35.5 Å². The zero-order valence-corrected chi connectivity index (χ0v) is 15.7. The molecule has 0 spiro atoms. The Bertz CT molecular complexity index is 321. The van der Waals surface area contributed by atoms with E-state index in [0.717, 1.165) is 35.5 Å². The van der Waals surface area contributed by atoms with E-state index in [2.05, 4.69) is 39.8 Å². The molecule has 128 valence electrons. The zero-order valence-electron chi connectivity index (χ0n) is 15.7. The number of rotatable bonds is 6. The lowest BCUT2D eigenvalue weighted by Gasteiger charge is -2.37. The van der Waals surface area contributed by atoms with E-state index < -0.39 is 0 Å². The molecule has 2 aliphatic rings. The van der Waals surface area contributed by atoms with Crippen molar-refractivity contribution in [2.45, 2.75) is 91.9 Å². The van der Waals surface area contributed by atoms with Crippen LogP contribution in [0.2, 0.25) is 0 Å². The van der Waals surface area contributed by atoms with Gasteiger partial charge in [-0.05, 0) is 74.0 Å². The molecule has 2 aliphatic carbocycles. The van der Waals surface area contributed by atoms with Gasteiger partial charge in [-0.3, -0.25) is 0 Å². The summed E-state index contributed by atoms with van der Waals surface area (Å²) in [5, 5.41) is 0. The zero-order chi connectivity index (χ0) is 15.9. The third-order valence-electron chi connectivity index (χ3n) is 7.10. The molecule has 0 nitrogen and oxygen atoms in total. The molecular formula is C22H40. The van der Waals surface area contributed by atoms with Gasteiger partial charge in [-0.1, -0.05) is 65.5 Å². The van der Waals surface area contributed by atoms with E-state index in [0.29, 0.717) is 0 Å². The second kappa shape index (κ2) is 9.14. The van der Waals surface area contributed by atoms with Gasteiger partial charge in [0.25, 0.3) is 0 Å². The molecular weight excluding hydrogens is 264 g/mol. The fraction of sp³-hybridized carbons (Fsp3) is 0.909. The van der Waals surface area contributed by atoms with Crippen molar-refractivity contribution >= 4 is 0 Å². The molecule has 0 heterocycles. The first-order valence-corrected chi connectivity index (χ1v) is 10.3. The maximum absolute atomic E-state index is 2.62. The summed E-state index contributed by atoms with van der Waals surface area (Å²) in [6.45, 7) is 9.72. The van der Waals surface area contributed by atoms with Gasteiger partial charge in [0.15, 0.2) is 0 Å². The van der Waals surface area contributed by atoms with Crippen LogP contribution in [-0.2, 0) is 0 Å². The van der Waals surface area contributed by atoms with Gasteiger partial charge < -0.3 is 0 Å². The van der Waals surface area contributed by atoms with E-state index >= 15 is 0 Å². The Morgan fingerprint density at radius 2 is 1.50 bits per heavy atom. The summed E-state index contributed by atoms with van der Waals surface area (Å²) in [6, 6.07) is 0. The van der Waals surface area contributed by atoms with Crippen molar-refractivity contribution in [3.8, 4) is 0 Å². The fourth-order valence-electron chi connectivity index (χ4n) is 4.81. The van der Waals surface area contributed by atoms with Crippen LogP contribution in [0.4, 0.5) is 0 Å². The van der Waals surface area contributed by atoms with Crippen molar-refractivity contribution in [1.82, 2.24) is 0 Å². The van der Waals surface area contributed by atoms with Crippen molar-refractivity contribution in [2.24, 2.45) is 35.5 Å². The van der Waals surface area contributed by atoms with Crippen LogP contribution in [0.3, 0.4) is 0 Å². The molecule has 0 bridgehead atoms. The number of allylic oxidation sites excluding steroid dienone is 2. The first-order valence-electron chi connectivity index (χ1n) is 10.3. The Labute approximate surface area is 140 Å². The highest BCUT2D eigenvalue weighted by atomic mass is 14.4. The summed E-state index contributed by atoms with van der Waals surface area (Å²) in [4.78, 5) is 0. The summed E-state index contributed by atoms with van der Waals surface area (Å²) < 4.78 is 0. The second-order valence-corrected chi connectivity index (χ2v) is 8.60. The van der Waals surface area contributed by atoms with Crippen LogP contribution in [0.5, 0.6) is 0 Å². The van der Waals surface area contributed by atoms with Crippen LogP contribution < -0.4 is 0 Å². The van der Waals surface area contributed by atoms with E-state index in [9.17, 15) is 0 Å². The van der Waals surface area contributed by atoms with Crippen LogP contribution in [-0.4, -0.2) is 0 Å². The summed E-state index contributed by atoms with van der Waals surface area (Å²) >= 11 is 0. The standard InChI is InChI=1S/C22H40/c1-5-6-7-8-20-10-12-21(13-11-20)14-16-22-15-9-17(2)18(3)19(22)4/h14,16-22H,5-13,15H2,1-4H3. The van der Waals surface area contributed by atoms with Crippen molar-refractivity contribution in [1.29, 1.82) is 0 Å². The van der Waals surface area contributed by atoms with Crippen LogP contribution in [0.25, 0.3) is 0 Å². The minimum absolute atomic E-state index is 0.855. The molecule has 0 radical (unpaired) electrons. The fourth-order valence-corrected chi connectivity index (χ4v) is 4.81. The van der Waals surface area contributed by atoms with Gasteiger partial charge in [-0.2, -0.15) is 0 Å². The molecule has 2 fully saturated rings. The minimum Gasteiger partial charge on any atom is -0.0851 e. The van der Waals surface area contributed by atoms with E-state index in [1.165, 1.54) is 64.2 Å². The summed E-state index contributed by atoms with van der Waals surface area (Å²) in [5.74, 6) is 5.50. The molecule has 22 heavy (non-hydrogen) atoms. The third-order valence-corrected chi connectivity index (χ3v) is 7.10. The van der Waals surface area contributed by atoms with E-state index in [-0.39, 0.29) is 0 Å². The van der Waals surface area contributed by atoms with Crippen LogP contribution >= 0.6 is 0 Å². The van der Waals surface area contributed by atoms with Gasteiger partial charge >= 0.3 is 0 Å². The lowest BCUT2D eigenvalue weighted by Crippen LogP contribution is -2.28. The first kappa shape index (κ1) is 18.1. The highest BCUT2D eigenvalue weighted by Crippen LogP contribution is 2.40. The maximum atomic E-state index is 2.62. The lowest BCUT2D eigenvalue weighted by molar-refractivity contribution is 0.153. The summed E-state index contributed by atoms with van der Waals surface area (Å²) in [5.41, 5.74) is 0. The molecule has 0 aromatic rings. The molecule has 2 saturated carbocycles. The van der Waals surface area contributed by atoms with Gasteiger partial charge in [0.05, 0.1) is 0 Å². The molecule has 0 N–H and O–H groups in total. The quantitative estimate of drug-likeness (QED) is 0.358. The number of hydrogen-bond donors (Lipinski definition) is 0. The monoisotopic (exact) mass is 304 g/mol. The predicted octanol–water partition coefficient (Wildman–Crippen LogP) is 7.25. The summed E-state index contributed by atoms with van der Waals surface area (Å²) in [6.07, 6.45) is 19.8. The Hall–Kier alpha value is -0.260. The van der Waals surface area contributed by atoms with Gasteiger partial charge in [0.2, 0.25) is 0 Å². The van der Waals surface area contributed by atoms with Crippen molar-refractivity contribution in [2.75, 3.05) is 0 Å². The number of hydrogen-bond acceptors (Lipinski definition) is 0. The predicted molar refractivity (Wildman–Crippen MR) is 98.9 cm³/mol. The van der Waals surface area contributed by atoms with E-state index in [1.54, 1.807) is 0 Å². The molecule has 0 aliphatic heterocycles. The van der Waals surface area contributed by atoms with Crippen LogP contribution in [0.1, 0.15) is 91.9 Å². The average Bonchev–Trinajstić information content (AvgIpc) is 2.53. The van der Waals surface area contributed by atoms with Crippen LogP contribution in [0.15, 0.2) is 12.2 Å². The highest BCUT2D eigenvalue weighted by molar-refractivity contribution is 4.98. The van der Waals surface area contributed by atoms with Gasteiger partial charge in [0.1, 0.15) is 0 Å². The van der Waals surface area contributed by atoms with E-state index in [4.69, 9.17) is 0 Å². The van der Waals surface area contributed by atoms with Crippen molar-refractivity contribution < 1.29 is 0 Å². The second-order valence-electron chi connectivity index (χ2n) is 8.60. The Morgan fingerprint density at radius 1 is 0.773 bits per heavy atom. The SMILES string of the molecule is CCCCCC1CCC(C=CC2CCC(C)C(C)C2C)CC1. The smallest absolute Gasteiger partial charge is 0.0205 e. The van der Waals surface area contributed by atoms with Gasteiger partial charge in [0, 0.05) is 0 Å². The normalized spacial score (nSPS) is 40.2. The topological polar surface area (TPSA) is 0 Å². The molecule has 4 unspecified atom stereocenters. The van der Waals surface area contributed by atoms with Crippen molar-refractivity contribution in [3.05, 3.63) is 12.2 Å². The number of unbranched alkanes of at least 4 members (excludes halogenated alkanes) is 2. The maximum Gasteiger partial charge on any atom is -0.0205 e. The molecule has 0 aromatic heterocycles. The molecule has 0 heteroatoms. The minimum atomic E-state index is 0.855. The van der Waals surface area contributed by atoms with E-state index in [1.807, 2.05) is 0 Å². The Kier molecular flexibility index (Phi) is 7.51. The Balaban J connectivity index is 1.71. The molecule has 0 amide bonds. The molecule has 0 saturated heterocycles. The van der Waals surface area contributed by atoms with Crippen molar-refractivity contribution in [3.63, 3.8) is 0 Å². The summed E-state index contributed by atoms with van der Waals surface area (Å²) in [7, 11) is 0. The molecule has 0 aromatic carbocycles. The van der Waals surface area contributed by atoms with Gasteiger partial charge in [-0.25, -0.2) is 0 Å². The average molecular weight is 305 g/mol. The Morgan fingerprint density at radius 3 is 2.18 bits per heavy atom. The molecule has 2 rings (SSSR count).